The van der Waals surface area contributed by atoms with Gasteiger partial charge in [-0.3, -0.25) is 0 Å². The van der Waals surface area contributed by atoms with E-state index in [0.717, 1.165) is 29.0 Å². The summed E-state index contributed by atoms with van der Waals surface area (Å²) in [6.45, 7) is 2.96. The van der Waals surface area contributed by atoms with Crippen LogP contribution in [0.2, 0.25) is 0 Å². The molecule has 5 heteroatoms. The van der Waals surface area contributed by atoms with Gasteiger partial charge in [-0.25, -0.2) is 15.0 Å². The number of hydrogen-bond donors (Lipinski definition) is 1. The lowest BCUT2D eigenvalue weighted by Crippen LogP contribution is -2.15. The van der Waals surface area contributed by atoms with Crippen LogP contribution in [0.25, 0.3) is 10.8 Å². The lowest BCUT2D eigenvalue weighted by molar-refractivity contribution is 0.688. The minimum Gasteiger partial charge on any atom is -0.309 e. The van der Waals surface area contributed by atoms with Crippen molar-refractivity contribution in [2.75, 3.05) is 0 Å². The van der Waals surface area contributed by atoms with Gasteiger partial charge in [0.25, 0.3) is 0 Å². The maximum absolute atomic E-state index is 4.82. The number of nitrogens with one attached hydrogen (secondary N) is 1. The summed E-state index contributed by atoms with van der Waals surface area (Å²) in [5.41, 5.74) is 2.38. The fraction of sp³-hybridized carbons (Fsp3) is 0.533. The smallest absolute Gasteiger partial charge is 0.188 e. The summed E-state index contributed by atoms with van der Waals surface area (Å²) >= 11 is 1.76. The minimum atomic E-state index is 0.682. The number of nitrogens with zero attached hydrogens (tertiary/aromatic N) is 3. The lowest BCUT2D eigenvalue weighted by Gasteiger charge is -2.01. The van der Waals surface area contributed by atoms with Crippen molar-refractivity contribution in [1.82, 2.24) is 20.3 Å². The molecule has 2 aliphatic rings. The van der Waals surface area contributed by atoms with Crippen LogP contribution in [-0.4, -0.2) is 21.0 Å². The Labute approximate surface area is 122 Å². The van der Waals surface area contributed by atoms with E-state index in [2.05, 4.69) is 15.3 Å². The Balaban J connectivity index is 1.62. The molecule has 0 spiro atoms. The molecule has 0 aliphatic heterocycles. The van der Waals surface area contributed by atoms with Gasteiger partial charge in [-0.1, -0.05) is 0 Å². The molecular weight excluding hydrogens is 268 g/mol. The van der Waals surface area contributed by atoms with Crippen LogP contribution < -0.4 is 5.32 Å². The summed E-state index contributed by atoms with van der Waals surface area (Å²) in [5, 5.41) is 4.57. The molecule has 0 saturated heterocycles. The molecule has 0 unspecified atom stereocenters. The molecule has 2 heterocycles. The summed E-state index contributed by atoms with van der Waals surface area (Å²) in [4.78, 5) is 15.0. The first-order valence-corrected chi connectivity index (χ1v) is 8.13. The highest BCUT2D eigenvalue weighted by Gasteiger charge is 2.31. The molecule has 0 aromatic carbocycles. The van der Waals surface area contributed by atoms with Crippen LogP contribution in [0.15, 0.2) is 12.4 Å². The molecule has 0 radical (unpaired) electrons. The zero-order valence-electron chi connectivity index (χ0n) is 11.6. The fourth-order valence-electron chi connectivity index (χ4n) is 2.29. The van der Waals surface area contributed by atoms with E-state index in [4.69, 9.17) is 4.98 Å². The van der Waals surface area contributed by atoms with Gasteiger partial charge in [-0.15, -0.1) is 11.3 Å². The van der Waals surface area contributed by atoms with E-state index < -0.39 is 0 Å². The summed E-state index contributed by atoms with van der Waals surface area (Å²) in [7, 11) is 0. The minimum absolute atomic E-state index is 0.682. The Morgan fingerprint density at radius 2 is 1.95 bits per heavy atom. The summed E-state index contributed by atoms with van der Waals surface area (Å²) < 4.78 is 0. The number of thiazole rings is 1. The monoisotopic (exact) mass is 286 g/mol. The van der Waals surface area contributed by atoms with Gasteiger partial charge in [0.2, 0.25) is 0 Å². The topological polar surface area (TPSA) is 50.7 Å². The third kappa shape index (κ3) is 2.60. The number of hydrogen-bond acceptors (Lipinski definition) is 5. The van der Waals surface area contributed by atoms with Gasteiger partial charge < -0.3 is 5.32 Å². The molecule has 2 aromatic rings. The van der Waals surface area contributed by atoms with Crippen molar-refractivity contribution in [3.05, 3.63) is 28.5 Å². The largest absolute Gasteiger partial charge is 0.309 e. The molecular formula is C15H18N4S. The van der Waals surface area contributed by atoms with Crippen LogP contribution in [-0.2, 0) is 6.54 Å². The fourth-order valence-corrected chi connectivity index (χ4v) is 3.34. The molecule has 0 bridgehead atoms. The number of aryl methyl sites for hydroxylation is 1. The van der Waals surface area contributed by atoms with Crippen molar-refractivity contribution in [1.29, 1.82) is 0 Å². The van der Waals surface area contributed by atoms with Crippen molar-refractivity contribution in [2.45, 2.75) is 51.1 Å². The van der Waals surface area contributed by atoms with Gasteiger partial charge >= 0.3 is 0 Å². The van der Waals surface area contributed by atoms with E-state index in [1.165, 1.54) is 36.3 Å². The summed E-state index contributed by atoms with van der Waals surface area (Å²) in [6.07, 6.45) is 8.95. The first-order valence-electron chi connectivity index (χ1n) is 7.31. The van der Waals surface area contributed by atoms with E-state index in [9.17, 15) is 0 Å². The molecule has 2 aromatic heterocycles. The van der Waals surface area contributed by atoms with Crippen molar-refractivity contribution < 1.29 is 0 Å². The molecule has 104 valence electrons. The Bertz CT molecular complexity index is 611. The molecule has 20 heavy (non-hydrogen) atoms. The first-order chi connectivity index (χ1) is 9.79. The van der Waals surface area contributed by atoms with Crippen molar-refractivity contribution in [3.63, 3.8) is 0 Å². The predicted molar refractivity (Wildman–Crippen MR) is 79.7 cm³/mol. The molecule has 0 atom stereocenters. The van der Waals surface area contributed by atoms with E-state index in [-0.39, 0.29) is 0 Å². The van der Waals surface area contributed by atoms with E-state index in [1.54, 1.807) is 11.3 Å². The zero-order chi connectivity index (χ0) is 13.5. The highest BCUT2D eigenvalue weighted by Crippen LogP contribution is 2.44. The molecule has 4 nitrogen and oxygen atoms in total. The van der Waals surface area contributed by atoms with Crippen LogP contribution in [0.1, 0.15) is 47.7 Å². The predicted octanol–water partition coefficient (Wildman–Crippen LogP) is 3.04. The van der Waals surface area contributed by atoms with Crippen molar-refractivity contribution >= 4 is 11.3 Å². The van der Waals surface area contributed by atoms with Crippen LogP contribution in [0.3, 0.4) is 0 Å². The normalized spacial score (nSPS) is 18.4. The molecule has 2 saturated carbocycles. The first kappa shape index (κ1) is 12.4. The highest BCUT2D eigenvalue weighted by atomic mass is 32.1. The number of rotatable bonds is 5. The molecule has 2 fully saturated rings. The van der Waals surface area contributed by atoms with Crippen LogP contribution >= 0.6 is 11.3 Å². The maximum Gasteiger partial charge on any atom is 0.188 e. The molecule has 2 aliphatic carbocycles. The molecule has 4 rings (SSSR count). The standard InChI is InChI=1S/C15H18N4S/c1-9-6-17-14(18-7-9)15-19-13(10-2-3-10)12(20-15)8-16-11-4-5-11/h6-7,10-11,16H,2-5,8H2,1H3. The highest BCUT2D eigenvalue weighted by molar-refractivity contribution is 7.15. The quantitative estimate of drug-likeness (QED) is 0.918. The molecule has 0 amide bonds. The lowest BCUT2D eigenvalue weighted by atomic mass is 10.2. The third-order valence-electron chi connectivity index (χ3n) is 3.79. The van der Waals surface area contributed by atoms with Crippen LogP contribution in [0, 0.1) is 6.92 Å². The van der Waals surface area contributed by atoms with Crippen LogP contribution in [0.5, 0.6) is 0 Å². The van der Waals surface area contributed by atoms with Gasteiger partial charge in [0.05, 0.1) is 5.69 Å². The number of aromatic nitrogens is 3. The van der Waals surface area contributed by atoms with Crippen molar-refractivity contribution in [2.24, 2.45) is 0 Å². The van der Waals surface area contributed by atoms with E-state index in [1.807, 2.05) is 19.3 Å². The van der Waals surface area contributed by atoms with Crippen molar-refractivity contribution in [3.8, 4) is 10.8 Å². The second-order valence-corrected chi connectivity index (χ2v) is 6.92. The van der Waals surface area contributed by atoms with Gasteiger partial charge in [0.15, 0.2) is 10.8 Å². The van der Waals surface area contributed by atoms with Gasteiger partial charge in [0.1, 0.15) is 0 Å². The van der Waals surface area contributed by atoms with Gasteiger partial charge in [-0.2, -0.15) is 0 Å². The maximum atomic E-state index is 4.82. The Hall–Kier alpha value is -1.33. The Morgan fingerprint density at radius 1 is 1.20 bits per heavy atom. The summed E-state index contributed by atoms with van der Waals surface area (Å²) in [6, 6.07) is 0.739. The third-order valence-corrected chi connectivity index (χ3v) is 4.86. The second-order valence-electron chi connectivity index (χ2n) is 5.84. The van der Waals surface area contributed by atoms with Gasteiger partial charge in [-0.05, 0) is 38.2 Å². The second kappa shape index (κ2) is 4.90. The average Bonchev–Trinajstić information content (AvgIpc) is 3.37. The van der Waals surface area contributed by atoms with E-state index in [0.29, 0.717) is 5.92 Å². The van der Waals surface area contributed by atoms with Gasteiger partial charge in [0, 0.05) is 35.8 Å². The summed E-state index contributed by atoms with van der Waals surface area (Å²) in [5.74, 6) is 1.45. The van der Waals surface area contributed by atoms with E-state index >= 15 is 0 Å². The zero-order valence-corrected chi connectivity index (χ0v) is 12.4. The Morgan fingerprint density at radius 3 is 2.60 bits per heavy atom. The average molecular weight is 286 g/mol. The van der Waals surface area contributed by atoms with Crippen LogP contribution in [0.4, 0.5) is 0 Å². The Kier molecular flexibility index (Phi) is 3.04. The molecule has 1 N–H and O–H groups in total. The SMILES string of the molecule is Cc1cnc(-c2nc(C3CC3)c(CNC3CC3)s2)nc1.